The summed E-state index contributed by atoms with van der Waals surface area (Å²) in [6.45, 7) is 2.11. The predicted molar refractivity (Wildman–Crippen MR) is 99.0 cm³/mol. The number of hydrogen-bond acceptors (Lipinski definition) is 5. The van der Waals surface area contributed by atoms with Crippen molar-refractivity contribution in [3.63, 3.8) is 0 Å². The fourth-order valence-electron chi connectivity index (χ4n) is 2.40. The van der Waals surface area contributed by atoms with Gasteiger partial charge in [-0.05, 0) is 37.1 Å². The maximum absolute atomic E-state index is 12.1. The first-order chi connectivity index (χ1) is 12.2. The van der Waals surface area contributed by atoms with Gasteiger partial charge >= 0.3 is 5.97 Å². The number of hydrogen-bond donors (Lipinski definition) is 1. The number of nitrogens with one attached hydrogen (secondary N) is 1. The molecule has 6 heteroatoms. The number of aryl methyl sites for hydroxylation is 1. The number of carbonyl (C=O) groups excluding carboxylic acids is 2. The molecule has 5 nitrogen and oxygen atoms in total. The third-order valence-corrected chi connectivity index (χ3v) is 4.56. The van der Waals surface area contributed by atoms with Crippen molar-refractivity contribution in [3.05, 3.63) is 59.7 Å². The number of amides is 1. The Morgan fingerprint density at radius 3 is 2.72 bits per heavy atom. The predicted octanol–water partition coefficient (Wildman–Crippen LogP) is 4.04. The van der Waals surface area contributed by atoms with Crippen LogP contribution in [0.25, 0.3) is 10.2 Å². The van der Waals surface area contributed by atoms with Crippen LogP contribution in [-0.4, -0.2) is 23.5 Å². The van der Waals surface area contributed by atoms with Gasteiger partial charge in [0.25, 0.3) is 0 Å². The summed E-state index contributed by atoms with van der Waals surface area (Å²) >= 11 is 1.35. The highest BCUT2D eigenvalue weighted by atomic mass is 32.1. The zero-order chi connectivity index (χ0) is 17.6. The Morgan fingerprint density at radius 1 is 1.16 bits per heavy atom. The van der Waals surface area contributed by atoms with Crippen LogP contribution in [0.2, 0.25) is 0 Å². The minimum absolute atomic E-state index is 0.0754. The van der Waals surface area contributed by atoms with Crippen molar-refractivity contribution in [2.75, 3.05) is 11.9 Å². The summed E-state index contributed by atoms with van der Waals surface area (Å²) in [6.07, 6.45) is 1.08. The molecule has 0 aliphatic rings. The maximum Gasteiger partial charge on any atom is 0.338 e. The molecule has 25 heavy (non-hydrogen) atoms. The van der Waals surface area contributed by atoms with E-state index in [1.54, 1.807) is 25.1 Å². The fraction of sp³-hybridized carbons (Fsp3) is 0.211. The number of carbonyl (C=O) groups is 2. The van der Waals surface area contributed by atoms with Crippen LogP contribution in [0.15, 0.2) is 48.5 Å². The Hall–Kier alpha value is -2.73. The molecule has 0 saturated carbocycles. The van der Waals surface area contributed by atoms with Crippen molar-refractivity contribution in [1.82, 2.24) is 4.98 Å². The lowest BCUT2D eigenvalue weighted by Crippen LogP contribution is -2.11. The van der Waals surface area contributed by atoms with E-state index in [1.165, 1.54) is 11.3 Å². The summed E-state index contributed by atoms with van der Waals surface area (Å²) in [6, 6.07) is 15.1. The van der Waals surface area contributed by atoms with E-state index in [9.17, 15) is 9.59 Å². The molecule has 0 radical (unpaired) electrons. The van der Waals surface area contributed by atoms with Crippen LogP contribution in [0.3, 0.4) is 0 Å². The largest absolute Gasteiger partial charge is 0.462 e. The number of aromatic nitrogens is 1. The number of fused-ring (bicyclic) bond motifs is 1. The number of benzene rings is 2. The molecule has 1 heterocycles. The zero-order valence-corrected chi connectivity index (χ0v) is 14.6. The highest BCUT2D eigenvalue weighted by molar-refractivity contribution is 7.22. The molecule has 0 aliphatic heterocycles. The van der Waals surface area contributed by atoms with Crippen LogP contribution in [0.4, 0.5) is 5.13 Å². The molecular weight excluding hydrogens is 336 g/mol. The van der Waals surface area contributed by atoms with E-state index < -0.39 is 0 Å². The Bertz CT molecular complexity index is 890. The number of nitrogens with zero attached hydrogens (tertiary/aromatic N) is 1. The van der Waals surface area contributed by atoms with Crippen LogP contribution in [0.1, 0.15) is 29.3 Å². The van der Waals surface area contributed by atoms with Crippen molar-refractivity contribution in [1.29, 1.82) is 0 Å². The lowest BCUT2D eigenvalue weighted by molar-refractivity contribution is -0.116. The summed E-state index contributed by atoms with van der Waals surface area (Å²) in [5, 5.41) is 3.36. The third kappa shape index (κ3) is 4.42. The van der Waals surface area contributed by atoms with Gasteiger partial charge in [0.05, 0.1) is 22.4 Å². The van der Waals surface area contributed by atoms with Crippen molar-refractivity contribution in [3.8, 4) is 0 Å². The molecule has 128 valence electrons. The first-order valence-electron chi connectivity index (χ1n) is 8.07. The van der Waals surface area contributed by atoms with E-state index in [0.29, 0.717) is 30.1 Å². The Balaban J connectivity index is 1.65. The highest BCUT2D eigenvalue weighted by Crippen LogP contribution is 2.27. The SMILES string of the molecule is CCOC(=O)c1ccc2nc(NC(=O)CCc3ccccc3)sc2c1. The molecule has 0 atom stereocenters. The molecule has 0 saturated heterocycles. The van der Waals surface area contributed by atoms with Crippen molar-refractivity contribution < 1.29 is 14.3 Å². The smallest absolute Gasteiger partial charge is 0.338 e. The van der Waals surface area contributed by atoms with Crippen LogP contribution in [0, 0.1) is 0 Å². The molecule has 0 bridgehead atoms. The second-order valence-corrected chi connectivity index (χ2v) is 6.49. The molecule has 1 amide bonds. The average Bonchev–Trinajstić information content (AvgIpc) is 3.02. The first-order valence-corrected chi connectivity index (χ1v) is 8.89. The quantitative estimate of drug-likeness (QED) is 0.678. The van der Waals surface area contributed by atoms with Crippen molar-refractivity contribution in [2.24, 2.45) is 0 Å². The number of rotatable bonds is 6. The van der Waals surface area contributed by atoms with Crippen LogP contribution >= 0.6 is 11.3 Å². The van der Waals surface area contributed by atoms with E-state index in [1.807, 2.05) is 30.3 Å². The van der Waals surface area contributed by atoms with Gasteiger partial charge in [0.1, 0.15) is 0 Å². The number of esters is 1. The normalized spacial score (nSPS) is 10.6. The lowest BCUT2D eigenvalue weighted by atomic mass is 10.1. The van der Waals surface area contributed by atoms with Gasteiger partial charge in [0, 0.05) is 6.42 Å². The van der Waals surface area contributed by atoms with Crippen molar-refractivity contribution in [2.45, 2.75) is 19.8 Å². The molecule has 0 fully saturated rings. The standard InChI is InChI=1S/C19H18N2O3S/c1-2-24-18(23)14-9-10-15-16(12-14)25-19(20-15)21-17(22)11-8-13-6-4-3-5-7-13/h3-7,9-10,12H,2,8,11H2,1H3,(H,20,21,22). The third-order valence-electron chi connectivity index (χ3n) is 3.63. The topological polar surface area (TPSA) is 68.3 Å². The van der Waals surface area contributed by atoms with Gasteiger partial charge in [-0.3, -0.25) is 4.79 Å². The number of thiazole rings is 1. The Kier molecular flexibility index (Phi) is 5.40. The molecule has 0 aliphatic carbocycles. The average molecular weight is 354 g/mol. The summed E-state index contributed by atoms with van der Waals surface area (Å²) in [4.78, 5) is 28.3. The van der Waals surface area contributed by atoms with E-state index in [0.717, 1.165) is 15.8 Å². The van der Waals surface area contributed by atoms with Crippen molar-refractivity contribution >= 4 is 38.6 Å². The minimum atomic E-state index is -0.355. The summed E-state index contributed by atoms with van der Waals surface area (Å²) in [5.74, 6) is -0.431. The molecule has 2 aromatic carbocycles. The first kappa shape index (κ1) is 17.1. The molecule has 0 unspecified atom stereocenters. The van der Waals surface area contributed by atoms with Crippen LogP contribution < -0.4 is 5.32 Å². The van der Waals surface area contributed by atoms with Gasteiger partial charge in [-0.1, -0.05) is 41.7 Å². The monoisotopic (exact) mass is 354 g/mol. The molecule has 1 N–H and O–H groups in total. The van der Waals surface area contributed by atoms with E-state index in [-0.39, 0.29) is 11.9 Å². The van der Waals surface area contributed by atoms with E-state index in [4.69, 9.17) is 4.74 Å². The Labute approximate surface area is 149 Å². The second-order valence-electron chi connectivity index (χ2n) is 5.46. The molecular formula is C19H18N2O3S. The van der Waals surface area contributed by atoms with Gasteiger partial charge in [-0.2, -0.15) is 0 Å². The highest BCUT2D eigenvalue weighted by Gasteiger charge is 2.12. The van der Waals surface area contributed by atoms with Crippen LogP contribution in [0.5, 0.6) is 0 Å². The van der Waals surface area contributed by atoms with Gasteiger partial charge in [-0.15, -0.1) is 0 Å². The maximum atomic E-state index is 12.1. The number of ether oxygens (including phenoxy) is 1. The molecule has 1 aromatic heterocycles. The minimum Gasteiger partial charge on any atom is -0.462 e. The van der Waals surface area contributed by atoms with E-state index in [2.05, 4.69) is 10.3 Å². The second kappa shape index (κ2) is 7.90. The summed E-state index contributed by atoms with van der Waals surface area (Å²) < 4.78 is 5.83. The Morgan fingerprint density at radius 2 is 1.96 bits per heavy atom. The van der Waals surface area contributed by atoms with Gasteiger partial charge < -0.3 is 10.1 Å². The summed E-state index contributed by atoms with van der Waals surface area (Å²) in [5.41, 5.74) is 2.36. The lowest BCUT2D eigenvalue weighted by Gasteiger charge is -2.01. The van der Waals surface area contributed by atoms with Gasteiger partial charge in [-0.25, -0.2) is 9.78 Å². The number of anilines is 1. The van der Waals surface area contributed by atoms with Gasteiger partial charge in [0.15, 0.2) is 5.13 Å². The molecule has 3 rings (SSSR count). The van der Waals surface area contributed by atoms with Gasteiger partial charge in [0.2, 0.25) is 5.91 Å². The van der Waals surface area contributed by atoms with E-state index >= 15 is 0 Å². The molecule has 3 aromatic rings. The fourth-order valence-corrected chi connectivity index (χ4v) is 3.33. The molecule has 0 spiro atoms. The zero-order valence-electron chi connectivity index (χ0n) is 13.8. The summed E-state index contributed by atoms with van der Waals surface area (Å²) in [7, 11) is 0. The van der Waals surface area contributed by atoms with Crippen LogP contribution in [-0.2, 0) is 16.0 Å².